The summed E-state index contributed by atoms with van der Waals surface area (Å²) in [6.45, 7) is 9.45. The molecule has 2 fully saturated rings. The van der Waals surface area contributed by atoms with Gasteiger partial charge in [-0.3, -0.25) is 9.69 Å². The standard InChI is InChI=1S/C31H34N2O4/c1-5-16-33-17-15-30-27-22-10-11-23(34)28(27)37-29(30,3)24(13-14-31(30,36)25(33)19-22)32(4)26(35)12-9-21-8-6-7-20(2)18-21/h5-8,10-11,18,24-25,34,36H,1,13-17,19H2,2-4H3/t24-,25+,29-,30-,31+/m0/s1. The minimum absolute atomic E-state index is 0.0880. The lowest BCUT2D eigenvalue weighted by atomic mass is 9.44. The van der Waals surface area contributed by atoms with Crippen LogP contribution >= 0.6 is 0 Å². The first-order valence-electron chi connectivity index (χ1n) is 13.1. The minimum Gasteiger partial charge on any atom is -0.504 e. The topological polar surface area (TPSA) is 73.2 Å². The molecule has 1 saturated heterocycles. The molecule has 2 N–H and O–H groups in total. The van der Waals surface area contributed by atoms with Crippen LogP contribution in [-0.4, -0.2) is 69.3 Å². The Hall–Kier alpha value is -3.27. The number of phenolic OH excluding ortho intramolecular Hbond substituents is 1. The summed E-state index contributed by atoms with van der Waals surface area (Å²) in [7, 11) is 1.78. The number of phenols is 1. The van der Waals surface area contributed by atoms with Gasteiger partial charge >= 0.3 is 0 Å². The lowest BCUT2D eigenvalue weighted by Gasteiger charge is -2.67. The molecule has 2 aromatic rings. The van der Waals surface area contributed by atoms with Crippen LogP contribution in [0.2, 0.25) is 0 Å². The summed E-state index contributed by atoms with van der Waals surface area (Å²) in [4.78, 5) is 17.4. The fourth-order valence-corrected chi connectivity index (χ4v) is 8.09. The number of amides is 1. The van der Waals surface area contributed by atoms with Crippen molar-refractivity contribution in [1.29, 1.82) is 0 Å². The number of likely N-dealkylation sites (tertiary alicyclic amines) is 1. The molecule has 192 valence electrons. The second kappa shape index (κ2) is 8.11. The van der Waals surface area contributed by atoms with Gasteiger partial charge in [-0.15, -0.1) is 6.58 Å². The Balaban J connectivity index is 1.44. The lowest BCUT2D eigenvalue weighted by Crippen LogP contribution is -2.82. The fraction of sp³-hybridized carbons (Fsp3) is 0.452. The van der Waals surface area contributed by atoms with Crippen LogP contribution in [-0.2, 0) is 16.6 Å². The molecule has 0 radical (unpaired) electrons. The first-order valence-corrected chi connectivity index (χ1v) is 13.1. The normalized spacial score (nSPS) is 33.0. The summed E-state index contributed by atoms with van der Waals surface area (Å²) >= 11 is 0. The van der Waals surface area contributed by atoms with Gasteiger partial charge in [0.2, 0.25) is 0 Å². The number of piperidine rings is 1. The van der Waals surface area contributed by atoms with Crippen LogP contribution in [0.1, 0.15) is 48.4 Å². The maximum atomic E-state index is 13.4. The maximum Gasteiger partial charge on any atom is 0.298 e. The lowest BCUT2D eigenvalue weighted by molar-refractivity contribution is -0.227. The Kier molecular flexibility index (Phi) is 5.28. The predicted octanol–water partition coefficient (Wildman–Crippen LogP) is 3.31. The van der Waals surface area contributed by atoms with E-state index < -0.39 is 16.6 Å². The Morgan fingerprint density at radius 3 is 2.89 bits per heavy atom. The van der Waals surface area contributed by atoms with Crippen molar-refractivity contribution in [2.24, 2.45) is 0 Å². The molecule has 6 heteroatoms. The third kappa shape index (κ3) is 3.05. The molecule has 2 aliphatic carbocycles. The van der Waals surface area contributed by atoms with Gasteiger partial charge in [-0.05, 0) is 68.9 Å². The maximum absolute atomic E-state index is 13.4. The van der Waals surface area contributed by atoms with Gasteiger partial charge in [0.15, 0.2) is 11.5 Å². The molecule has 2 aliphatic heterocycles. The first kappa shape index (κ1) is 24.1. The van der Waals surface area contributed by atoms with Crippen molar-refractivity contribution in [2.45, 2.75) is 68.2 Å². The largest absolute Gasteiger partial charge is 0.504 e. The molecule has 1 spiro atoms. The van der Waals surface area contributed by atoms with Gasteiger partial charge in [0, 0.05) is 43.2 Å². The van der Waals surface area contributed by atoms with Crippen molar-refractivity contribution in [3.63, 3.8) is 0 Å². The van der Waals surface area contributed by atoms with Gasteiger partial charge in [-0.2, -0.15) is 0 Å². The van der Waals surface area contributed by atoms with Crippen molar-refractivity contribution in [1.82, 2.24) is 9.80 Å². The van der Waals surface area contributed by atoms with E-state index in [-0.39, 0.29) is 23.7 Å². The minimum atomic E-state index is -1.05. The van der Waals surface area contributed by atoms with E-state index in [4.69, 9.17) is 4.74 Å². The van der Waals surface area contributed by atoms with Gasteiger partial charge < -0.3 is 19.8 Å². The predicted molar refractivity (Wildman–Crippen MR) is 141 cm³/mol. The number of carbonyl (C=O) groups excluding carboxylic acids is 1. The fourth-order valence-electron chi connectivity index (χ4n) is 8.09. The second-order valence-corrected chi connectivity index (χ2v) is 11.3. The molecule has 2 heterocycles. The molecule has 5 atom stereocenters. The van der Waals surface area contributed by atoms with Crippen LogP contribution in [0.5, 0.6) is 11.5 Å². The smallest absolute Gasteiger partial charge is 0.298 e. The van der Waals surface area contributed by atoms with E-state index in [1.165, 1.54) is 0 Å². The summed E-state index contributed by atoms with van der Waals surface area (Å²) in [5, 5.41) is 23.5. The number of hydrogen-bond donors (Lipinski definition) is 2. The van der Waals surface area contributed by atoms with Gasteiger partial charge in [0.1, 0.15) is 5.60 Å². The SMILES string of the molecule is C=CCN1CC[C@]23c4c5ccc(O)c4O[C@@]2(C)[C@@H](N(C)C(=O)C#Cc2cccc(C)c2)CC[C@@]3(O)[C@H]1C5. The number of benzene rings is 2. The highest BCUT2D eigenvalue weighted by atomic mass is 16.5. The van der Waals surface area contributed by atoms with Crippen molar-refractivity contribution >= 4 is 5.91 Å². The number of nitrogens with zero attached hydrogens (tertiary/aromatic N) is 2. The number of likely N-dealkylation sites (N-methyl/N-ethyl adjacent to an activating group) is 1. The highest BCUT2D eigenvalue weighted by Crippen LogP contribution is 2.69. The molecule has 0 unspecified atom stereocenters. The quantitative estimate of drug-likeness (QED) is 0.502. The van der Waals surface area contributed by atoms with Gasteiger partial charge in [-0.1, -0.05) is 30.2 Å². The van der Waals surface area contributed by atoms with E-state index in [9.17, 15) is 15.0 Å². The zero-order valence-corrected chi connectivity index (χ0v) is 21.8. The third-order valence-electron chi connectivity index (χ3n) is 9.65. The highest BCUT2D eigenvalue weighted by molar-refractivity contribution is 5.94. The van der Waals surface area contributed by atoms with Gasteiger partial charge in [0.05, 0.1) is 17.1 Å². The number of carbonyl (C=O) groups is 1. The highest BCUT2D eigenvalue weighted by Gasteiger charge is 2.78. The Bertz CT molecular complexity index is 1370. The van der Waals surface area contributed by atoms with E-state index >= 15 is 0 Å². The van der Waals surface area contributed by atoms with E-state index in [0.29, 0.717) is 38.0 Å². The van der Waals surface area contributed by atoms with Crippen LogP contribution in [0.4, 0.5) is 0 Å². The Morgan fingerprint density at radius 2 is 2.14 bits per heavy atom. The van der Waals surface area contributed by atoms with Crippen LogP contribution in [0.3, 0.4) is 0 Å². The molecule has 1 amide bonds. The molecule has 1 saturated carbocycles. The Morgan fingerprint density at radius 1 is 1.32 bits per heavy atom. The first-order chi connectivity index (χ1) is 17.7. The van der Waals surface area contributed by atoms with Crippen LogP contribution < -0.4 is 4.74 Å². The third-order valence-corrected chi connectivity index (χ3v) is 9.65. The molecular weight excluding hydrogens is 464 g/mol. The molecule has 6 nitrogen and oxygen atoms in total. The molecule has 4 aliphatic rings. The summed E-state index contributed by atoms with van der Waals surface area (Å²) in [5.41, 5.74) is 1.21. The second-order valence-electron chi connectivity index (χ2n) is 11.3. The number of aromatic hydroxyl groups is 1. The molecule has 2 aromatic carbocycles. The molecule has 2 bridgehead atoms. The average Bonchev–Trinajstić information content (AvgIpc) is 3.15. The summed E-state index contributed by atoms with van der Waals surface area (Å²) in [6.07, 6.45) is 4.36. The average molecular weight is 499 g/mol. The van der Waals surface area contributed by atoms with Crippen molar-refractivity contribution < 1.29 is 19.7 Å². The number of rotatable bonds is 3. The number of hydrogen-bond acceptors (Lipinski definition) is 5. The summed E-state index contributed by atoms with van der Waals surface area (Å²) in [6, 6.07) is 11.0. The van der Waals surface area contributed by atoms with Crippen LogP contribution in [0, 0.1) is 18.8 Å². The van der Waals surface area contributed by atoms with Gasteiger partial charge in [-0.25, -0.2) is 0 Å². The molecule has 37 heavy (non-hydrogen) atoms. The number of ether oxygens (including phenoxy) is 1. The van der Waals surface area contributed by atoms with E-state index in [1.54, 1.807) is 18.0 Å². The number of aliphatic hydroxyl groups is 1. The van der Waals surface area contributed by atoms with E-state index in [2.05, 4.69) is 23.3 Å². The summed E-state index contributed by atoms with van der Waals surface area (Å²) in [5.74, 6) is 6.11. The monoisotopic (exact) mass is 498 g/mol. The Labute approximate surface area is 218 Å². The van der Waals surface area contributed by atoms with Crippen molar-refractivity contribution in [3.05, 3.63) is 71.3 Å². The zero-order chi connectivity index (χ0) is 26.2. The van der Waals surface area contributed by atoms with Gasteiger partial charge in [0.25, 0.3) is 5.91 Å². The zero-order valence-electron chi connectivity index (χ0n) is 21.8. The molecule has 0 aromatic heterocycles. The van der Waals surface area contributed by atoms with Crippen molar-refractivity contribution in [2.75, 3.05) is 20.1 Å². The molecule has 6 rings (SSSR count). The van der Waals surface area contributed by atoms with Crippen LogP contribution in [0.25, 0.3) is 0 Å². The van der Waals surface area contributed by atoms with Crippen molar-refractivity contribution in [3.8, 4) is 23.3 Å². The van der Waals surface area contributed by atoms with Crippen LogP contribution in [0.15, 0.2) is 49.1 Å². The number of aryl methyl sites for hydroxylation is 1. The van der Waals surface area contributed by atoms with E-state index in [0.717, 1.165) is 28.8 Å². The summed E-state index contributed by atoms with van der Waals surface area (Å²) < 4.78 is 6.73. The van der Waals surface area contributed by atoms with E-state index in [1.807, 2.05) is 50.3 Å². The molecular formula is C31H34N2O4.